The number of hydrogen-bond donors (Lipinski definition) is 1. The maximum Gasteiger partial charge on any atom is 0.0587 e. The highest BCUT2D eigenvalue weighted by atomic mass is 16.5. The highest BCUT2D eigenvalue weighted by Gasteiger charge is 2.12. The van der Waals surface area contributed by atoms with E-state index >= 15 is 0 Å². The SMILES string of the molecule is COCCNCCN1CCc2ccccc2CC1. The molecular weight excluding hydrogens is 224 g/mol. The Morgan fingerprint density at radius 3 is 2.39 bits per heavy atom. The molecule has 100 valence electrons. The van der Waals surface area contributed by atoms with Crippen molar-refractivity contribution in [2.75, 3.05) is 46.4 Å². The predicted octanol–water partition coefficient (Wildman–Crippen LogP) is 1.32. The summed E-state index contributed by atoms with van der Waals surface area (Å²) >= 11 is 0. The molecule has 1 aliphatic rings. The summed E-state index contributed by atoms with van der Waals surface area (Å²) < 4.78 is 5.02. The molecule has 0 saturated carbocycles. The maximum absolute atomic E-state index is 5.02. The lowest BCUT2D eigenvalue weighted by Crippen LogP contribution is -2.34. The molecule has 0 saturated heterocycles. The molecule has 0 aromatic heterocycles. The van der Waals surface area contributed by atoms with E-state index in [2.05, 4.69) is 34.5 Å². The third-order valence-electron chi connectivity index (χ3n) is 3.60. The van der Waals surface area contributed by atoms with Crippen LogP contribution in [0.1, 0.15) is 11.1 Å². The summed E-state index contributed by atoms with van der Waals surface area (Å²) in [5.41, 5.74) is 3.07. The molecule has 2 rings (SSSR count). The zero-order valence-corrected chi connectivity index (χ0v) is 11.3. The van der Waals surface area contributed by atoms with Gasteiger partial charge in [0.2, 0.25) is 0 Å². The molecule has 1 aromatic carbocycles. The van der Waals surface area contributed by atoms with Crippen LogP contribution < -0.4 is 5.32 Å². The lowest BCUT2D eigenvalue weighted by molar-refractivity contribution is 0.197. The van der Waals surface area contributed by atoms with Gasteiger partial charge in [-0.25, -0.2) is 0 Å². The average molecular weight is 248 g/mol. The number of benzene rings is 1. The second-order valence-electron chi connectivity index (χ2n) is 4.85. The first-order valence-electron chi connectivity index (χ1n) is 6.89. The number of methoxy groups -OCH3 is 1. The summed E-state index contributed by atoms with van der Waals surface area (Å²) in [6.07, 6.45) is 2.38. The van der Waals surface area contributed by atoms with E-state index in [1.165, 1.54) is 37.1 Å². The third kappa shape index (κ3) is 4.09. The van der Waals surface area contributed by atoms with E-state index in [0.29, 0.717) is 0 Å². The molecule has 1 heterocycles. The monoisotopic (exact) mass is 248 g/mol. The summed E-state index contributed by atoms with van der Waals surface area (Å²) in [6.45, 7) is 6.30. The number of rotatable bonds is 6. The van der Waals surface area contributed by atoms with Gasteiger partial charge >= 0.3 is 0 Å². The van der Waals surface area contributed by atoms with Gasteiger partial charge in [0, 0.05) is 39.8 Å². The smallest absolute Gasteiger partial charge is 0.0587 e. The number of nitrogens with zero attached hydrogens (tertiary/aromatic N) is 1. The van der Waals surface area contributed by atoms with Gasteiger partial charge in [-0.3, -0.25) is 0 Å². The van der Waals surface area contributed by atoms with Crippen molar-refractivity contribution < 1.29 is 4.74 Å². The molecule has 0 bridgehead atoms. The van der Waals surface area contributed by atoms with Crippen LogP contribution in [0.5, 0.6) is 0 Å². The van der Waals surface area contributed by atoms with Crippen LogP contribution in [0, 0.1) is 0 Å². The molecule has 0 unspecified atom stereocenters. The molecule has 3 nitrogen and oxygen atoms in total. The molecule has 3 heteroatoms. The summed E-state index contributed by atoms with van der Waals surface area (Å²) in [5.74, 6) is 0. The van der Waals surface area contributed by atoms with Crippen LogP contribution in [0.25, 0.3) is 0 Å². The van der Waals surface area contributed by atoms with Gasteiger partial charge in [-0.05, 0) is 24.0 Å². The van der Waals surface area contributed by atoms with Crippen molar-refractivity contribution in [3.05, 3.63) is 35.4 Å². The minimum atomic E-state index is 0.797. The third-order valence-corrected chi connectivity index (χ3v) is 3.60. The van der Waals surface area contributed by atoms with E-state index in [1.54, 1.807) is 7.11 Å². The molecule has 0 aliphatic carbocycles. The number of hydrogen-bond acceptors (Lipinski definition) is 3. The molecular formula is C15H24N2O. The van der Waals surface area contributed by atoms with Crippen molar-refractivity contribution >= 4 is 0 Å². The minimum absolute atomic E-state index is 0.797. The molecule has 1 aromatic rings. The van der Waals surface area contributed by atoms with Gasteiger partial charge in [0.25, 0.3) is 0 Å². The van der Waals surface area contributed by atoms with E-state index in [0.717, 1.165) is 26.2 Å². The Bertz CT molecular complexity index is 327. The summed E-state index contributed by atoms with van der Waals surface area (Å²) in [5, 5.41) is 3.41. The maximum atomic E-state index is 5.02. The van der Waals surface area contributed by atoms with Gasteiger partial charge in [-0.1, -0.05) is 24.3 Å². The second-order valence-corrected chi connectivity index (χ2v) is 4.85. The normalized spacial score (nSPS) is 16.3. The minimum Gasteiger partial charge on any atom is -0.383 e. The van der Waals surface area contributed by atoms with Gasteiger partial charge in [0.05, 0.1) is 6.61 Å². The Balaban J connectivity index is 1.71. The molecule has 18 heavy (non-hydrogen) atoms. The molecule has 1 N–H and O–H groups in total. The fourth-order valence-corrected chi connectivity index (χ4v) is 2.47. The standard InChI is InChI=1S/C15H24N2O/c1-18-13-9-16-8-12-17-10-6-14-4-2-3-5-15(14)7-11-17/h2-5,16H,6-13H2,1H3. The molecule has 0 atom stereocenters. The van der Waals surface area contributed by atoms with Crippen LogP contribution in [0.4, 0.5) is 0 Å². The van der Waals surface area contributed by atoms with Crippen LogP contribution in [0.15, 0.2) is 24.3 Å². The van der Waals surface area contributed by atoms with Crippen LogP contribution in [-0.2, 0) is 17.6 Å². The largest absolute Gasteiger partial charge is 0.383 e. The van der Waals surface area contributed by atoms with E-state index in [1.807, 2.05) is 0 Å². The molecule has 0 fully saturated rings. The average Bonchev–Trinajstić information content (AvgIpc) is 2.61. The van der Waals surface area contributed by atoms with Gasteiger partial charge in [0.1, 0.15) is 0 Å². The van der Waals surface area contributed by atoms with Crippen LogP contribution >= 0.6 is 0 Å². The van der Waals surface area contributed by atoms with E-state index in [-0.39, 0.29) is 0 Å². The fraction of sp³-hybridized carbons (Fsp3) is 0.600. The van der Waals surface area contributed by atoms with Crippen molar-refractivity contribution in [3.8, 4) is 0 Å². The van der Waals surface area contributed by atoms with Gasteiger partial charge in [-0.2, -0.15) is 0 Å². The Kier molecular flexibility index (Phi) is 5.65. The first kappa shape index (κ1) is 13.5. The number of fused-ring (bicyclic) bond motifs is 1. The van der Waals surface area contributed by atoms with Crippen LogP contribution in [0.2, 0.25) is 0 Å². The summed E-state index contributed by atoms with van der Waals surface area (Å²) in [4.78, 5) is 2.56. The Hall–Kier alpha value is -0.900. The van der Waals surface area contributed by atoms with Crippen LogP contribution in [-0.4, -0.2) is 51.3 Å². The quantitative estimate of drug-likeness (QED) is 0.769. The Morgan fingerprint density at radius 2 is 1.78 bits per heavy atom. The highest BCUT2D eigenvalue weighted by Crippen LogP contribution is 2.14. The fourth-order valence-electron chi connectivity index (χ4n) is 2.47. The van der Waals surface area contributed by atoms with E-state index < -0.39 is 0 Å². The van der Waals surface area contributed by atoms with E-state index in [4.69, 9.17) is 4.74 Å². The van der Waals surface area contributed by atoms with Gasteiger partial charge in [-0.15, -0.1) is 0 Å². The lowest BCUT2D eigenvalue weighted by atomic mass is 10.0. The molecule has 1 aliphatic heterocycles. The topological polar surface area (TPSA) is 24.5 Å². The molecule has 0 amide bonds. The van der Waals surface area contributed by atoms with Crippen molar-refractivity contribution in [1.29, 1.82) is 0 Å². The Morgan fingerprint density at radius 1 is 1.11 bits per heavy atom. The zero-order valence-electron chi connectivity index (χ0n) is 11.3. The van der Waals surface area contributed by atoms with Gasteiger partial charge < -0.3 is 15.0 Å². The van der Waals surface area contributed by atoms with E-state index in [9.17, 15) is 0 Å². The van der Waals surface area contributed by atoms with Crippen molar-refractivity contribution in [3.63, 3.8) is 0 Å². The van der Waals surface area contributed by atoms with Crippen molar-refractivity contribution in [2.24, 2.45) is 0 Å². The Labute approximate surface area is 110 Å². The molecule has 0 spiro atoms. The predicted molar refractivity (Wildman–Crippen MR) is 75.0 cm³/mol. The van der Waals surface area contributed by atoms with Crippen LogP contribution in [0.3, 0.4) is 0 Å². The first-order chi connectivity index (χ1) is 8.90. The first-order valence-corrected chi connectivity index (χ1v) is 6.89. The second kappa shape index (κ2) is 7.52. The lowest BCUT2D eigenvalue weighted by Gasteiger charge is -2.19. The zero-order chi connectivity index (χ0) is 12.6. The highest BCUT2D eigenvalue weighted by molar-refractivity contribution is 5.28. The van der Waals surface area contributed by atoms with Crippen molar-refractivity contribution in [1.82, 2.24) is 10.2 Å². The summed E-state index contributed by atoms with van der Waals surface area (Å²) in [6, 6.07) is 8.85. The number of nitrogens with one attached hydrogen (secondary N) is 1. The number of ether oxygens (including phenoxy) is 1. The van der Waals surface area contributed by atoms with Gasteiger partial charge in [0.15, 0.2) is 0 Å². The van der Waals surface area contributed by atoms with Crippen molar-refractivity contribution in [2.45, 2.75) is 12.8 Å². The molecule has 0 radical (unpaired) electrons. The summed E-state index contributed by atoms with van der Waals surface area (Å²) in [7, 11) is 1.74.